The maximum Gasteiger partial charge on any atom is 0.339 e. The summed E-state index contributed by atoms with van der Waals surface area (Å²) in [6, 6.07) is 8.38. The Kier molecular flexibility index (Phi) is 5.15. The van der Waals surface area contributed by atoms with Gasteiger partial charge in [0.25, 0.3) is 5.91 Å². The number of ether oxygens (including phenoxy) is 1. The quantitative estimate of drug-likeness (QED) is 0.820. The van der Waals surface area contributed by atoms with E-state index in [0.717, 1.165) is 0 Å². The number of nitrogens with one attached hydrogen (secondary N) is 1. The molecule has 0 spiro atoms. The van der Waals surface area contributed by atoms with Crippen molar-refractivity contribution in [2.24, 2.45) is 0 Å². The van der Waals surface area contributed by atoms with Crippen LogP contribution in [0.4, 0.5) is 5.69 Å². The molecule has 0 fully saturated rings. The molecule has 2 rings (SSSR count). The molecule has 120 valence electrons. The highest BCUT2D eigenvalue weighted by Gasteiger charge is 2.24. The van der Waals surface area contributed by atoms with E-state index in [4.69, 9.17) is 4.74 Å². The fourth-order valence-electron chi connectivity index (χ4n) is 1.89. The normalized spacial score (nSPS) is 11.0. The first-order chi connectivity index (χ1) is 10.8. The number of carbonyl (C=O) groups is 2. The summed E-state index contributed by atoms with van der Waals surface area (Å²) in [5.74, 6) is -0.957. The van der Waals surface area contributed by atoms with E-state index in [1.54, 1.807) is 57.3 Å². The van der Waals surface area contributed by atoms with Crippen molar-refractivity contribution in [2.45, 2.75) is 26.4 Å². The molecule has 5 nitrogen and oxygen atoms in total. The number of benzene rings is 1. The average Bonchev–Trinajstić information content (AvgIpc) is 2.46. The maximum atomic E-state index is 12.5. The van der Waals surface area contributed by atoms with Gasteiger partial charge in [-0.2, -0.15) is 0 Å². The maximum absolute atomic E-state index is 12.5. The fraction of sp³-hybridized carbons (Fsp3) is 0.235. The number of nitrogens with zero attached hydrogens (tertiary/aromatic N) is 1. The van der Waals surface area contributed by atoms with Crippen molar-refractivity contribution < 1.29 is 14.3 Å². The highest BCUT2D eigenvalue weighted by Crippen LogP contribution is 2.24. The van der Waals surface area contributed by atoms with Gasteiger partial charge in [-0.15, -0.1) is 0 Å². The number of anilines is 1. The third-order valence-corrected chi connectivity index (χ3v) is 3.44. The van der Waals surface area contributed by atoms with Crippen molar-refractivity contribution in [1.29, 1.82) is 0 Å². The van der Waals surface area contributed by atoms with Crippen molar-refractivity contribution >= 4 is 33.5 Å². The third kappa shape index (κ3) is 4.63. The lowest BCUT2D eigenvalue weighted by molar-refractivity contribution is 0.00677. The molecule has 0 atom stereocenters. The summed E-state index contributed by atoms with van der Waals surface area (Å²) in [6.07, 6.45) is 3.14. The van der Waals surface area contributed by atoms with Crippen LogP contribution in [-0.2, 0) is 4.74 Å². The molecule has 1 amide bonds. The number of halogens is 1. The van der Waals surface area contributed by atoms with Crippen molar-refractivity contribution in [3.8, 4) is 0 Å². The molecule has 1 N–H and O–H groups in total. The Morgan fingerprint density at radius 3 is 2.52 bits per heavy atom. The van der Waals surface area contributed by atoms with Gasteiger partial charge in [-0.3, -0.25) is 9.78 Å². The number of rotatable bonds is 3. The van der Waals surface area contributed by atoms with Gasteiger partial charge in [0.05, 0.1) is 23.0 Å². The largest absolute Gasteiger partial charge is 0.456 e. The van der Waals surface area contributed by atoms with Gasteiger partial charge in [-0.05, 0) is 61.0 Å². The number of esters is 1. The van der Waals surface area contributed by atoms with E-state index in [-0.39, 0.29) is 11.1 Å². The summed E-state index contributed by atoms with van der Waals surface area (Å²) >= 11 is 3.32. The van der Waals surface area contributed by atoms with Crippen molar-refractivity contribution in [1.82, 2.24) is 4.98 Å². The van der Waals surface area contributed by atoms with E-state index in [2.05, 4.69) is 26.2 Å². The standard InChI is InChI=1S/C17H17BrN2O3/c1-17(2,3)23-16(22)12-7-4-8-13(18)14(12)15(21)20-11-6-5-9-19-10-11/h4-10H,1-3H3,(H,20,21). The van der Waals surface area contributed by atoms with E-state index in [0.29, 0.717) is 10.2 Å². The summed E-state index contributed by atoms with van der Waals surface area (Å²) in [6.45, 7) is 5.33. The van der Waals surface area contributed by atoms with Crippen LogP contribution < -0.4 is 5.32 Å². The van der Waals surface area contributed by atoms with E-state index in [9.17, 15) is 9.59 Å². The molecule has 0 aliphatic carbocycles. The molecular formula is C17H17BrN2O3. The minimum absolute atomic E-state index is 0.204. The van der Waals surface area contributed by atoms with Crippen LogP contribution in [0, 0.1) is 0 Å². The second-order valence-corrected chi connectivity index (χ2v) is 6.71. The third-order valence-electron chi connectivity index (χ3n) is 2.78. The molecule has 1 heterocycles. The second kappa shape index (κ2) is 6.91. The van der Waals surface area contributed by atoms with Crippen molar-refractivity contribution in [3.63, 3.8) is 0 Å². The molecule has 0 aliphatic heterocycles. The summed E-state index contributed by atoms with van der Waals surface area (Å²) in [4.78, 5) is 28.8. The van der Waals surface area contributed by atoms with E-state index in [1.165, 1.54) is 6.20 Å². The van der Waals surface area contributed by atoms with Crippen LogP contribution in [0.1, 0.15) is 41.5 Å². The molecule has 1 aromatic carbocycles. The number of carbonyl (C=O) groups excluding carboxylic acids is 2. The van der Waals surface area contributed by atoms with Crippen molar-refractivity contribution in [2.75, 3.05) is 5.32 Å². The summed E-state index contributed by atoms with van der Waals surface area (Å²) in [5.41, 5.74) is 0.334. The van der Waals surface area contributed by atoms with Crippen LogP contribution in [0.5, 0.6) is 0 Å². The smallest absolute Gasteiger partial charge is 0.339 e. The van der Waals surface area contributed by atoms with Gasteiger partial charge >= 0.3 is 5.97 Å². The topological polar surface area (TPSA) is 68.3 Å². The van der Waals surface area contributed by atoms with Crippen LogP contribution in [0.25, 0.3) is 0 Å². The van der Waals surface area contributed by atoms with Crippen LogP contribution in [0.2, 0.25) is 0 Å². The van der Waals surface area contributed by atoms with Gasteiger partial charge in [0.2, 0.25) is 0 Å². The molecule has 1 aromatic heterocycles. The molecule has 0 saturated carbocycles. The molecule has 0 saturated heterocycles. The first-order valence-electron chi connectivity index (χ1n) is 7.01. The Bertz CT molecular complexity index is 724. The molecule has 0 aliphatic rings. The highest BCUT2D eigenvalue weighted by molar-refractivity contribution is 9.10. The van der Waals surface area contributed by atoms with Gasteiger partial charge in [0.15, 0.2) is 0 Å². The predicted octanol–water partition coefficient (Wildman–Crippen LogP) is 4.05. The Hall–Kier alpha value is -2.21. The second-order valence-electron chi connectivity index (χ2n) is 5.86. The highest BCUT2D eigenvalue weighted by atomic mass is 79.9. The Morgan fingerprint density at radius 2 is 1.91 bits per heavy atom. The Labute approximate surface area is 143 Å². The molecule has 6 heteroatoms. The van der Waals surface area contributed by atoms with Gasteiger partial charge in [-0.1, -0.05) is 6.07 Å². The summed E-state index contributed by atoms with van der Waals surface area (Å²) in [7, 11) is 0. The predicted molar refractivity (Wildman–Crippen MR) is 91.5 cm³/mol. The monoisotopic (exact) mass is 376 g/mol. The lowest BCUT2D eigenvalue weighted by Gasteiger charge is -2.20. The van der Waals surface area contributed by atoms with Crippen LogP contribution in [0.15, 0.2) is 47.2 Å². The molecule has 0 unspecified atom stereocenters. The number of amides is 1. The number of hydrogen-bond acceptors (Lipinski definition) is 4. The van der Waals surface area contributed by atoms with E-state index < -0.39 is 17.5 Å². The lowest BCUT2D eigenvalue weighted by Crippen LogP contribution is -2.26. The lowest BCUT2D eigenvalue weighted by atomic mass is 10.1. The fourth-order valence-corrected chi connectivity index (χ4v) is 2.43. The molecule has 0 bridgehead atoms. The van der Waals surface area contributed by atoms with Gasteiger partial charge in [0.1, 0.15) is 5.60 Å². The van der Waals surface area contributed by atoms with Gasteiger partial charge in [-0.25, -0.2) is 4.79 Å². The first kappa shape index (κ1) is 17.1. The van der Waals surface area contributed by atoms with E-state index in [1.807, 2.05) is 0 Å². The number of hydrogen-bond donors (Lipinski definition) is 1. The molecule has 2 aromatic rings. The zero-order valence-corrected chi connectivity index (χ0v) is 14.7. The van der Waals surface area contributed by atoms with Crippen LogP contribution in [-0.4, -0.2) is 22.5 Å². The Balaban J connectivity index is 2.34. The first-order valence-corrected chi connectivity index (χ1v) is 7.80. The summed E-state index contributed by atoms with van der Waals surface area (Å²) in [5, 5.41) is 2.72. The van der Waals surface area contributed by atoms with Gasteiger partial charge in [0, 0.05) is 10.7 Å². The van der Waals surface area contributed by atoms with Gasteiger partial charge < -0.3 is 10.1 Å². The number of pyridine rings is 1. The average molecular weight is 377 g/mol. The molecule has 23 heavy (non-hydrogen) atoms. The van der Waals surface area contributed by atoms with Crippen LogP contribution >= 0.6 is 15.9 Å². The SMILES string of the molecule is CC(C)(C)OC(=O)c1cccc(Br)c1C(=O)Nc1cccnc1. The molecule has 0 radical (unpaired) electrons. The van der Waals surface area contributed by atoms with Crippen molar-refractivity contribution in [3.05, 3.63) is 58.3 Å². The molecular weight excluding hydrogens is 360 g/mol. The Morgan fingerprint density at radius 1 is 1.17 bits per heavy atom. The number of aromatic nitrogens is 1. The minimum atomic E-state index is -0.642. The summed E-state index contributed by atoms with van der Waals surface area (Å²) < 4.78 is 5.88. The van der Waals surface area contributed by atoms with Crippen LogP contribution in [0.3, 0.4) is 0 Å². The zero-order valence-electron chi connectivity index (χ0n) is 13.1. The van der Waals surface area contributed by atoms with E-state index >= 15 is 0 Å². The minimum Gasteiger partial charge on any atom is -0.456 e. The zero-order chi connectivity index (χ0) is 17.0.